The lowest BCUT2D eigenvalue weighted by molar-refractivity contribution is -0.136. The smallest absolute Gasteiger partial charge is 0.319 e. The summed E-state index contributed by atoms with van der Waals surface area (Å²) in [7, 11) is -1.43. The minimum Gasteiger partial charge on any atom is -0.480 e. The lowest BCUT2D eigenvalue weighted by atomic mass is 9.90. The number of rotatable bonds is 8. The Morgan fingerprint density at radius 3 is 2.52 bits per heavy atom. The molecule has 0 aliphatic carbocycles. The molecule has 0 saturated carbocycles. The number of carboxylic acids is 1. The van der Waals surface area contributed by atoms with Crippen molar-refractivity contribution in [2.75, 3.05) is 5.75 Å². The second kappa shape index (κ2) is 7.94. The maximum atomic E-state index is 12.2. The third-order valence-corrected chi connectivity index (χ3v) is 5.00. The maximum Gasteiger partial charge on any atom is 0.319 e. The van der Waals surface area contributed by atoms with Crippen LogP contribution in [0.1, 0.15) is 32.3 Å². The summed E-state index contributed by atoms with van der Waals surface area (Å²) in [6.07, 6.45) is 1.48. The van der Waals surface area contributed by atoms with Gasteiger partial charge in [-0.05, 0) is 38.7 Å². The van der Waals surface area contributed by atoms with Gasteiger partial charge in [0.05, 0.1) is 11.5 Å². The second-order valence-corrected chi connectivity index (χ2v) is 7.44. The van der Waals surface area contributed by atoms with Crippen LogP contribution in [0.25, 0.3) is 0 Å². The van der Waals surface area contributed by atoms with Gasteiger partial charge < -0.3 is 5.11 Å². The van der Waals surface area contributed by atoms with Crippen molar-refractivity contribution in [1.82, 2.24) is 0 Å². The first-order valence-corrected chi connectivity index (χ1v) is 8.29. The number of nitriles is 1. The zero-order valence-electron chi connectivity index (χ0n) is 12.4. The zero-order chi connectivity index (χ0) is 15.9. The average molecular weight is 307 g/mol. The van der Waals surface area contributed by atoms with E-state index < -0.39 is 27.4 Å². The van der Waals surface area contributed by atoms with Crippen LogP contribution >= 0.6 is 0 Å². The van der Waals surface area contributed by atoms with Gasteiger partial charge in [0.15, 0.2) is 0 Å². The van der Waals surface area contributed by atoms with E-state index in [0.717, 1.165) is 5.56 Å². The lowest BCUT2D eigenvalue weighted by Crippen LogP contribution is -2.30. The van der Waals surface area contributed by atoms with Crippen molar-refractivity contribution in [2.24, 2.45) is 5.41 Å². The summed E-state index contributed by atoms with van der Waals surface area (Å²) in [5.74, 6) is -0.716. The molecule has 0 spiro atoms. The van der Waals surface area contributed by atoms with Gasteiger partial charge in [0.1, 0.15) is 5.25 Å². The molecule has 0 aromatic heterocycles. The number of nitrogens with zero attached hydrogens (tertiary/aromatic N) is 1. The molecule has 21 heavy (non-hydrogen) atoms. The van der Waals surface area contributed by atoms with Crippen LogP contribution in [0, 0.1) is 16.7 Å². The quantitative estimate of drug-likeness (QED) is 0.801. The van der Waals surface area contributed by atoms with Crippen molar-refractivity contribution >= 4 is 16.8 Å². The Balaban J connectivity index is 2.59. The second-order valence-electron chi connectivity index (χ2n) is 5.70. The van der Waals surface area contributed by atoms with Crippen molar-refractivity contribution in [3.8, 4) is 6.07 Å². The van der Waals surface area contributed by atoms with Crippen molar-refractivity contribution < 1.29 is 14.1 Å². The molecule has 0 bridgehead atoms. The zero-order valence-corrected chi connectivity index (χ0v) is 13.2. The van der Waals surface area contributed by atoms with E-state index in [4.69, 9.17) is 5.26 Å². The molecule has 1 N–H and O–H groups in total. The van der Waals surface area contributed by atoms with E-state index in [1.54, 1.807) is 0 Å². The molecule has 1 rings (SSSR count). The predicted molar refractivity (Wildman–Crippen MR) is 83.2 cm³/mol. The number of hydrogen-bond acceptors (Lipinski definition) is 3. The minimum absolute atomic E-state index is 0.268. The number of carbonyl (C=O) groups is 1. The highest BCUT2D eigenvalue weighted by Crippen LogP contribution is 2.21. The van der Waals surface area contributed by atoms with Gasteiger partial charge in [0.2, 0.25) is 0 Å². The molecule has 5 heteroatoms. The number of benzene rings is 1. The summed E-state index contributed by atoms with van der Waals surface area (Å²) >= 11 is 0. The summed E-state index contributed by atoms with van der Waals surface area (Å²) in [6.45, 7) is 3.66. The van der Waals surface area contributed by atoms with E-state index in [2.05, 4.69) is 6.07 Å². The Morgan fingerprint density at radius 1 is 1.38 bits per heavy atom. The SMILES string of the molecule is CC(C)(C#N)CCCS(=O)C(Cc1ccccc1)C(=O)O. The molecule has 1 aromatic carbocycles. The third-order valence-electron chi connectivity index (χ3n) is 3.31. The van der Waals surface area contributed by atoms with Gasteiger partial charge in [-0.2, -0.15) is 5.26 Å². The average Bonchev–Trinajstić information content (AvgIpc) is 2.45. The maximum absolute atomic E-state index is 12.2. The third kappa shape index (κ3) is 6.09. The van der Waals surface area contributed by atoms with E-state index >= 15 is 0 Å². The first-order chi connectivity index (χ1) is 9.85. The number of aliphatic carboxylic acids is 1. The van der Waals surface area contributed by atoms with Crippen LogP contribution < -0.4 is 0 Å². The van der Waals surface area contributed by atoms with E-state index in [9.17, 15) is 14.1 Å². The lowest BCUT2D eigenvalue weighted by Gasteiger charge is -2.16. The highest BCUT2D eigenvalue weighted by atomic mass is 32.2. The topological polar surface area (TPSA) is 78.2 Å². The summed E-state index contributed by atoms with van der Waals surface area (Å²) in [6, 6.07) is 11.4. The van der Waals surface area contributed by atoms with Gasteiger partial charge in [0.25, 0.3) is 0 Å². The Bertz CT molecular complexity index is 534. The normalized spacial score (nSPS) is 14.1. The highest BCUT2D eigenvalue weighted by molar-refractivity contribution is 7.86. The number of carboxylic acid groups (broad SMARTS) is 1. The summed E-state index contributed by atoms with van der Waals surface area (Å²) < 4.78 is 12.2. The van der Waals surface area contributed by atoms with Gasteiger partial charge in [-0.3, -0.25) is 9.00 Å². The van der Waals surface area contributed by atoms with Crippen LogP contribution in [-0.4, -0.2) is 26.3 Å². The van der Waals surface area contributed by atoms with E-state index in [-0.39, 0.29) is 6.42 Å². The van der Waals surface area contributed by atoms with Crippen LogP contribution in [0.15, 0.2) is 30.3 Å². The van der Waals surface area contributed by atoms with Gasteiger partial charge in [-0.25, -0.2) is 0 Å². The van der Waals surface area contributed by atoms with Crippen LogP contribution in [0.4, 0.5) is 0 Å². The Hall–Kier alpha value is -1.67. The minimum atomic E-state index is -1.43. The predicted octanol–water partition coefficient (Wildman–Crippen LogP) is 2.76. The van der Waals surface area contributed by atoms with Crippen LogP contribution in [0.2, 0.25) is 0 Å². The van der Waals surface area contributed by atoms with Gasteiger partial charge in [-0.15, -0.1) is 0 Å². The van der Waals surface area contributed by atoms with Gasteiger partial charge in [-0.1, -0.05) is 30.3 Å². The Morgan fingerprint density at radius 2 is 2.00 bits per heavy atom. The fourth-order valence-corrected chi connectivity index (χ4v) is 3.29. The summed E-state index contributed by atoms with van der Waals surface area (Å²) in [5.41, 5.74) is 0.415. The molecule has 0 aliphatic heterocycles. The van der Waals surface area contributed by atoms with E-state index in [1.807, 2.05) is 44.2 Å². The fourth-order valence-electron chi connectivity index (χ4n) is 1.98. The van der Waals surface area contributed by atoms with Crippen molar-refractivity contribution in [1.29, 1.82) is 5.26 Å². The summed E-state index contributed by atoms with van der Waals surface area (Å²) in [5, 5.41) is 17.3. The molecule has 0 fully saturated rings. The molecule has 2 unspecified atom stereocenters. The van der Waals surface area contributed by atoms with Gasteiger partial charge >= 0.3 is 5.97 Å². The largest absolute Gasteiger partial charge is 0.480 e. The first kappa shape index (κ1) is 17.4. The molecule has 1 aromatic rings. The molecule has 0 aliphatic rings. The highest BCUT2D eigenvalue weighted by Gasteiger charge is 2.25. The van der Waals surface area contributed by atoms with Crippen molar-refractivity contribution in [3.63, 3.8) is 0 Å². The molecular weight excluding hydrogens is 286 g/mol. The first-order valence-electron chi connectivity index (χ1n) is 6.91. The molecule has 0 saturated heterocycles. The Kier molecular flexibility index (Phi) is 6.57. The van der Waals surface area contributed by atoms with Gasteiger partial charge in [0, 0.05) is 16.6 Å². The molecule has 4 nitrogen and oxygen atoms in total. The standard InChI is InChI=1S/C16H21NO3S/c1-16(2,12-17)9-6-10-21(20)14(15(18)19)11-13-7-4-3-5-8-13/h3-5,7-8,14H,6,9-11H2,1-2H3,(H,18,19). The van der Waals surface area contributed by atoms with Crippen molar-refractivity contribution in [2.45, 2.75) is 38.4 Å². The number of hydrogen-bond donors (Lipinski definition) is 1. The molecule has 0 amide bonds. The molecule has 0 radical (unpaired) electrons. The molecule has 0 heterocycles. The monoisotopic (exact) mass is 307 g/mol. The Labute approximate surface area is 128 Å². The van der Waals surface area contributed by atoms with E-state index in [1.165, 1.54) is 0 Å². The summed E-state index contributed by atoms with van der Waals surface area (Å²) in [4.78, 5) is 11.3. The van der Waals surface area contributed by atoms with Crippen molar-refractivity contribution in [3.05, 3.63) is 35.9 Å². The van der Waals surface area contributed by atoms with Crippen LogP contribution in [0.5, 0.6) is 0 Å². The fraction of sp³-hybridized carbons (Fsp3) is 0.500. The van der Waals surface area contributed by atoms with Crippen LogP contribution in [-0.2, 0) is 22.0 Å². The molecular formula is C16H21NO3S. The van der Waals surface area contributed by atoms with E-state index in [0.29, 0.717) is 18.6 Å². The molecule has 114 valence electrons. The van der Waals surface area contributed by atoms with Crippen LogP contribution in [0.3, 0.4) is 0 Å². The molecule has 2 atom stereocenters.